The summed E-state index contributed by atoms with van der Waals surface area (Å²) in [7, 11) is 1.57. The molecule has 0 spiro atoms. The molecule has 1 atom stereocenters. The smallest absolute Gasteiger partial charge is 0.321 e. The SMILES string of the molecule is COc1cccc(NC(=O)N2CCC(CC(=O)O)C2)c1. The van der Waals surface area contributed by atoms with E-state index in [4.69, 9.17) is 9.84 Å². The molecule has 1 aromatic carbocycles. The van der Waals surface area contributed by atoms with Gasteiger partial charge >= 0.3 is 12.0 Å². The number of aliphatic carboxylic acids is 1. The molecule has 2 rings (SSSR count). The minimum atomic E-state index is -0.815. The Balaban J connectivity index is 1.90. The first-order valence-electron chi connectivity index (χ1n) is 6.50. The van der Waals surface area contributed by atoms with E-state index in [9.17, 15) is 9.59 Å². The van der Waals surface area contributed by atoms with Crippen LogP contribution in [0.25, 0.3) is 0 Å². The number of nitrogens with one attached hydrogen (secondary N) is 1. The lowest BCUT2D eigenvalue weighted by molar-refractivity contribution is -0.138. The van der Waals surface area contributed by atoms with Crippen LogP contribution >= 0.6 is 0 Å². The van der Waals surface area contributed by atoms with Gasteiger partial charge in [0.1, 0.15) is 5.75 Å². The van der Waals surface area contributed by atoms with Crippen molar-refractivity contribution < 1.29 is 19.4 Å². The summed E-state index contributed by atoms with van der Waals surface area (Å²) in [5.74, 6) is -0.0958. The quantitative estimate of drug-likeness (QED) is 0.883. The number of likely N-dealkylation sites (tertiary alicyclic amines) is 1. The molecule has 1 saturated heterocycles. The Morgan fingerprint density at radius 3 is 3.00 bits per heavy atom. The molecule has 2 amide bonds. The Kier molecular flexibility index (Phi) is 4.45. The summed E-state index contributed by atoms with van der Waals surface area (Å²) in [6, 6.07) is 6.92. The first-order chi connectivity index (χ1) is 9.58. The highest BCUT2D eigenvalue weighted by Crippen LogP contribution is 2.21. The third-order valence-corrected chi connectivity index (χ3v) is 3.36. The molecule has 6 heteroatoms. The van der Waals surface area contributed by atoms with Crippen LogP contribution < -0.4 is 10.1 Å². The molecule has 20 heavy (non-hydrogen) atoms. The molecule has 1 aliphatic heterocycles. The van der Waals surface area contributed by atoms with Gasteiger partial charge in [-0.15, -0.1) is 0 Å². The highest BCUT2D eigenvalue weighted by molar-refractivity contribution is 5.89. The zero-order valence-electron chi connectivity index (χ0n) is 11.3. The van der Waals surface area contributed by atoms with Gasteiger partial charge in [-0.25, -0.2) is 4.79 Å². The fraction of sp³-hybridized carbons (Fsp3) is 0.429. The van der Waals surface area contributed by atoms with Crippen LogP contribution in [0.15, 0.2) is 24.3 Å². The van der Waals surface area contributed by atoms with Gasteiger partial charge in [-0.05, 0) is 24.5 Å². The maximum atomic E-state index is 12.1. The topological polar surface area (TPSA) is 78.9 Å². The summed E-state index contributed by atoms with van der Waals surface area (Å²) in [6.45, 7) is 1.08. The van der Waals surface area contributed by atoms with Crippen molar-refractivity contribution in [2.45, 2.75) is 12.8 Å². The van der Waals surface area contributed by atoms with Crippen LogP contribution in [0.2, 0.25) is 0 Å². The van der Waals surface area contributed by atoms with Gasteiger partial charge in [0.15, 0.2) is 0 Å². The molecule has 2 N–H and O–H groups in total. The summed E-state index contributed by atoms with van der Waals surface area (Å²) in [5.41, 5.74) is 0.663. The molecule has 1 aromatic rings. The zero-order valence-corrected chi connectivity index (χ0v) is 11.3. The summed E-state index contributed by atoms with van der Waals surface area (Å²) in [5, 5.41) is 11.6. The van der Waals surface area contributed by atoms with Gasteiger partial charge in [0.25, 0.3) is 0 Å². The van der Waals surface area contributed by atoms with Gasteiger partial charge in [0, 0.05) is 31.3 Å². The lowest BCUT2D eigenvalue weighted by Crippen LogP contribution is -2.33. The Hall–Kier alpha value is -2.24. The molecular weight excluding hydrogens is 260 g/mol. The first-order valence-corrected chi connectivity index (χ1v) is 6.50. The van der Waals surface area contributed by atoms with E-state index in [1.807, 2.05) is 0 Å². The number of carbonyl (C=O) groups excluding carboxylic acids is 1. The van der Waals surface area contributed by atoms with Crippen LogP contribution in [0.4, 0.5) is 10.5 Å². The molecule has 0 aliphatic carbocycles. The third kappa shape index (κ3) is 3.63. The lowest BCUT2D eigenvalue weighted by Gasteiger charge is -2.17. The number of hydrogen-bond acceptors (Lipinski definition) is 3. The maximum absolute atomic E-state index is 12.1. The van der Waals surface area contributed by atoms with Gasteiger partial charge in [0.2, 0.25) is 0 Å². The van der Waals surface area contributed by atoms with Crippen molar-refractivity contribution in [3.8, 4) is 5.75 Å². The number of carbonyl (C=O) groups is 2. The number of methoxy groups -OCH3 is 1. The van der Waals surface area contributed by atoms with Gasteiger partial charge < -0.3 is 20.1 Å². The highest BCUT2D eigenvalue weighted by Gasteiger charge is 2.27. The molecule has 0 aromatic heterocycles. The van der Waals surface area contributed by atoms with Crippen LogP contribution in [0, 0.1) is 5.92 Å². The second kappa shape index (κ2) is 6.27. The average molecular weight is 278 g/mol. The van der Waals surface area contributed by atoms with Gasteiger partial charge in [0.05, 0.1) is 7.11 Å². The Morgan fingerprint density at radius 1 is 1.50 bits per heavy atom. The fourth-order valence-corrected chi connectivity index (χ4v) is 2.33. The Morgan fingerprint density at radius 2 is 2.30 bits per heavy atom. The van der Waals surface area contributed by atoms with E-state index >= 15 is 0 Å². The summed E-state index contributed by atoms with van der Waals surface area (Å²) in [6.07, 6.45) is 0.848. The normalized spacial score (nSPS) is 17.9. The second-order valence-electron chi connectivity index (χ2n) is 4.86. The number of amides is 2. The lowest BCUT2D eigenvalue weighted by atomic mass is 10.1. The molecule has 1 heterocycles. The standard InChI is InChI=1S/C14H18N2O4/c1-20-12-4-2-3-11(8-12)15-14(19)16-6-5-10(9-16)7-13(17)18/h2-4,8,10H,5-7,9H2,1H3,(H,15,19)(H,17,18). The summed E-state index contributed by atoms with van der Waals surface area (Å²) < 4.78 is 5.09. The molecule has 0 bridgehead atoms. The molecule has 1 fully saturated rings. The van der Waals surface area contributed by atoms with Crippen LogP contribution in [0.3, 0.4) is 0 Å². The van der Waals surface area contributed by atoms with Crippen molar-refractivity contribution in [3.63, 3.8) is 0 Å². The average Bonchev–Trinajstić information content (AvgIpc) is 2.86. The van der Waals surface area contributed by atoms with E-state index in [1.54, 1.807) is 36.3 Å². The molecule has 0 saturated carbocycles. The van der Waals surface area contributed by atoms with Crippen molar-refractivity contribution in [1.82, 2.24) is 4.90 Å². The van der Waals surface area contributed by atoms with Crippen molar-refractivity contribution in [2.75, 3.05) is 25.5 Å². The van der Waals surface area contributed by atoms with Crippen LogP contribution in [-0.2, 0) is 4.79 Å². The molecule has 108 valence electrons. The number of nitrogens with zero attached hydrogens (tertiary/aromatic N) is 1. The molecular formula is C14H18N2O4. The number of hydrogen-bond donors (Lipinski definition) is 2. The van der Waals surface area contributed by atoms with Gasteiger partial charge in [-0.1, -0.05) is 6.07 Å². The van der Waals surface area contributed by atoms with Crippen LogP contribution in [-0.4, -0.2) is 42.2 Å². The predicted molar refractivity (Wildman–Crippen MR) is 73.9 cm³/mol. The molecule has 1 unspecified atom stereocenters. The number of carboxylic acid groups (broad SMARTS) is 1. The van der Waals surface area contributed by atoms with E-state index in [-0.39, 0.29) is 18.4 Å². The maximum Gasteiger partial charge on any atom is 0.321 e. The number of urea groups is 1. The van der Waals surface area contributed by atoms with Crippen LogP contribution in [0.5, 0.6) is 5.75 Å². The number of benzene rings is 1. The van der Waals surface area contributed by atoms with E-state index in [2.05, 4.69) is 5.32 Å². The van der Waals surface area contributed by atoms with Crippen molar-refractivity contribution in [3.05, 3.63) is 24.3 Å². The molecule has 6 nitrogen and oxygen atoms in total. The number of anilines is 1. The Labute approximate surface area is 117 Å². The number of ether oxygens (including phenoxy) is 1. The van der Waals surface area contributed by atoms with E-state index in [1.165, 1.54) is 0 Å². The third-order valence-electron chi connectivity index (χ3n) is 3.36. The van der Waals surface area contributed by atoms with Gasteiger partial charge in [-0.3, -0.25) is 4.79 Å². The zero-order chi connectivity index (χ0) is 14.5. The van der Waals surface area contributed by atoms with E-state index in [0.29, 0.717) is 24.5 Å². The molecule has 1 aliphatic rings. The van der Waals surface area contributed by atoms with Crippen LogP contribution in [0.1, 0.15) is 12.8 Å². The van der Waals surface area contributed by atoms with Crippen molar-refractivity contribution in [1.29, 1.82) is 0 Å². The second-order valence-corrected chi connectivity index (χ2v) is 4.86. The largest absolute Gasteiger partial charge is 0.497 e. The highest BCUT2D eigenvalue weighted by atomic mass is 16.5. The Bertz CT molecular complexity index is 504. The number of rotatable bonds is 4. The summed E-state index contributed by atoms with van der Waals surface area (Å²) >= 11 is 0. The fourth-order valence-electron chi connectivity index (χ4n) is 2.33. The minimum Gasteiger partial charge on any atom is -0.497 e. The van der Waals surface area contributed by atoms with E-state index in [0.717, 1.165) is 6.42 Å². The first kappa shape index (κ1) is 14.2. The summed E-state index contributed by atoms with van der Waals surface area (Å²) in [4.78, 5) is 24.4. The van der Waals surface area contributed by atoms with Crippen molar-refractivity contribution >= 4 is 17.7 Å². The molecule has 0 radical (unpaired) electrons. The predicted octanol–water partition coefficient (Wildman–Crippen LogP) is 2.02. The van der Waals surface area contributed by atoms with Crippen molar-refractivity contribution in [2.24, 2.45) is 5.92 Å². The van der Waals surface area contributed by atoms with E-state index < -0.39 is 5.97 Å². The monoisotopic (exact) mass is 278 g/mol. The number of carboxylic acids is 1. The van der Waals surface area contributed by atoms with Gasteiger partial charge in [-0.2, -0.15) is 0 Å². The minimum absolute atomic E-state index is 0.0450.